The smallest absolute Gasteiger partial charge is 0.276 e. The molecule has 0 spiro atoms. The third-order valence-electron chi connectivity index (χ3n) is 4.34. The van der Waals surface area contributed by atoms with Crippen LogP contribution in [0.25, 0.3) is 5.52 Å². The summed E-state index contributed by atoms with van der Waals surface area (Å²) in [6.07, 6.45) is 11.4. The van der Waals surface area contributed by atoms with Gasteiger partial charge in [0.15, 0.2) is 0 Å². The van der Waals surface area contributed by atoms with Gasteiger partial charge in [0.05, 0.1) is 5.69 Å². The molecule has 114 valence electrons. The average molecular weight is 288 g/mol. The second-order valence-electron chi connectivity index (χ2n) is 6.05. The van der Waals surface area contributed by atoms with Crippen molar-refractivity contribution in [1.82, 2.24) is 19.5 Å². The highest BCUT2D eigenvalue weighted by Gasteiger charge is 2.12. The van der Waals surface area contributed by atoms with Gasteiger partial charge >= 0.3 is 0 Å². The topological polar surface area (TPSA) is 51.3 Å². The van der Waals surface area contributed by atoms with Gasteiger partial charge in [0, 0.05) is 25.0 Å². The van der Waals surface area contributed by atoms with E-state index in [1.54, 1.807) is 9.08 Å². The lowest BCUT2D eigenvalue weighted by Crippen LogP contribution is -2.32. The lowest BCUT2D eigenvalue weighted by atomic mass is 9.95. The Morgan fingerprint density at radius 3 is 2.90 bits per heavy atom. The molecular weight excluding hydrogens is 264 g/mol. The van der Waals surface area contributed by atoms with Crippen LogP contribution < -0.4 is 10.9 Å². The number of fused-ring (bicyclic) bond motifs is 1. The van der Waals surface area contributed by atoms with E-state index in [1.807, 2.05) is 25.4 Å². The third-order valence-corrected chi connectivity index (χ3v) is 4.34. The molecule has 0 bridgehead atoms. The van der Waals surface area contributed by atoms with Crippen molar-refractivity contribution >= 4 is 5.52 Å². The third kappa shape index (κ3) is 3.35. The van der Waals surface area contributed by atoms with E-state index in [0.717, 1.165) is 25.2 Å². The van der Waals surface area contributed by atoms with Crippen molar-refractivity contribution in [2.75, 3.05) is 6.54 Å². The fourth-order valence-corrected chi connectivity index (χ4v) is 3.19. The molecule has 0 atom stereocenters. The summed E-state index contributed by atoms with van der Waals surface area (Å²) in [5, 5.41) is 7.88. The molecule has 1 aliphatic rings. The summed E-state index contributed by atoms with van der Waals surface area (Å²) in [6, 6.07) is 2.54. The molecule has 1 fully saturated rings. The number of nitrogens with zero attached hydrogens (tertiary/aromatic N) is 3. The van der Waals surface area contributed by atoms with Crippen LogP contribution in [0.5, 0.6) is 0 Å². The van der Waals surface area contributed by atoms with Crippen LogP contribution in [0.15, 0.2) is 23.3 Å². The highest BCUT2D eigenvalue weighted by molar-refractivity contribution is 5.44. The molecular formula is C16H24N4O. The van der Waals surface area contributed by atoms with E-state index >= 15 is 0 Å². The van der Waals surface area contributed by atoms with E-state index in [-0.39, 0.29) is 5.56 Å². The first kappa shape index (κ1) is 14.3. The molecule has 0 aliphatic heterocycles. The second-order valence-corrected chi connectivity index (χ2v) is 6.05. The van der Waals surface area contributed by atoms with E-state index < -0.39 is 0 Å². The Kier molecular flexibility index (Phi) is 4.39. The molecule has 5 heteroatoms. The molecule has 1 saturated carbocycles. The monoisotopic (exact) mass is 288 g/mol. The summed E-state index contributed by atoms with van der Waals surface area (Å²) in [5.74, 6) is 0. The summed E-state index contributed by atoms with van der Waals surface area (Å²) in [7, 11) is 0. The molecule has 0 unspecified atom stereocenters. The maximum atomic E-state index is 12.3. The van der Waals surface area contributed by atoms with Crippen molar-refractivity contribution in [3.63, 3.8) is 0 Å². The first-order valence-electron chi connectivity index (χ1n) is 8.03. The van der Waals surface area contributed by atoms with E-state index in [4.69, 9.17) is 0 Å². The summed E-state index contributed by atoms with van der Waals surface area (Å²) < 4.78 is 3.45. The number of hydrogen-bond acceptors (Lipinski definition) is 3. The summed E-state index contributed by atoms with van der Waals surface area (Å²) in [6.45, 7) is 3.66. The van der Waals surface area contributed by atoms with Gasteiger partial charge in [-0.15, -0.1) is 0 Å². The number of aryl methyl sites for hydroxylation is 2. The SMILES string of the molecule is Cc1cc2c(=O)n(CCCNC3CCCCC3)ccn2n1. The molecule has 0 aromatic carbocycles. The average Bonchev–Trinajstić information content (AvgIpc) is 2.88. The Morgan fingerprint density at radius 2 is 2.10 bits per heavy atom. The van der Waals surface area contributed by atoms with Crippen molar-refractivity contribution in [1.29, 1.82) is 0 Å². The maximum Gasteiger partial charge on any atom is 0.276 e. The minimum atomic E-state index is 0.0516. The Balaban J connectivity index is 1.55. The first-order valence-corrected chi connectivity index (χ1v) is 8.03. The Morgan fingerprint density at radius 1 is 1.29 bits per heavy atom. The molecule has 2 aromatic rings. The van der Waals surface area contributed by atoms with Crippen LogP contribution in [0.4, 0.5) is 0 Å². The van der Waals surface area contributed by atoms with Gasteiger partial charge in [0.2, 0.25) is 0 Å². The maximum absolute atomic E-state index is 12.3. The van der Waals surface area contributed by atoms with E-state index in [1.165, 1.54) is 32.1 Å². The fraction of sp³-hybridized carbons (Fsp3) is 0.625. The predicted molar refractivity (Wildman–Crippen MR) is 83.7 cm³/mol. The molecule has 3 rings (SSSR count). The van der Waals surface area contributed by atoms with Gasteiger partial charge in [-0.1, -0.05) is 19.3 Å². The normalized spacial score (nSPS) is 16.6. The zero-order chi connectivity index (χ0) is 14.7. The molecule has 21 heavy (non-hydrogen) atoms. The molecule has 5 nitrogen and oxygen atoms in total. The lowest BCUT2D eigenvalue weighted by Gasteiger charge is -2.22. The summed E-state index contributed by atoms with van der Waals surface area (Å²) in [4.78, 5) is 12.3. The van der Waals surface area contributed by atoms with Crippen LogP contribution in [0, 0.1) is 6.92 Å². The van der Waals surface area contributed by atoms with Crippen LogP contribution in [-0.2, 0) is 6.54 Å². The Hall–Kier alpha value is -1.62. The molecule has 2 heterocycles. The summed E-state index contributed by atoms with van der Waals surface area (Å²) in [5.41, 5.74) is 1.59. The number of nitrogens with one attached hydrogen (secondary N) is 1. The van der Waals surface area contributed by atoms with Crippen molar-refractivity contribution in [2.45, 2.75) is 58.0 Å². The van der Waals surface area contributed by atoms with Gasteiger partial charge in [-0.3, -0.25) is 4.79 Å². The molecule has 0 saturated heterocycles. The van der Waals surface area contributed by atoms with Crippen molar-refractivity contribution < 1.29 is 0 Å². The van der Waals surface area contributed by atoms with Crippen LogP contribution in [0.3, 0.4) is 0 Å². The second kappa shape index (κ2) is 6.43. The van der Waals surface area contributed by atoms with Crippen LogP contribution in [0.2, 0.25) is 0 Å². The highest BCUT2D eigenvalue weighted by atomic mass is 16.1. The Bertz CT molecular complexity index is 652. The van der Waals surface area contributed by atoms with Crippen LogP contribution in [0.1, 0.15) is 44.2 Å². The first-order chi connectivity index (χ1) is 10.2. The minimum absolute atomic E-state index is 0.0516. The zero-order valence-corrected chi connectivity index (χ0v) is 12.7. The molecule has 0 amide bonds. The van der Waals surface area contributed by atoms with Gasteiger partial charge in [0.1, 0.15) is 5.52 Å². The summed E-state index contributed by atoms with van der Waals surface area (Å²) >= 11 is 0. The fourth-order valence-electron chi connectivity index (χ4n) is 3.19. The predicted octanol–water partition coefficient (Wildman–Crippen LogP) is 2.12. The van der Waals surface area contributed by atoms with Crippen LogP contribution in [-0.4, -0.2) is 26.8 Å². The van der Waals surface area contributed by atoms with E-state index in [2.05, 4.69) is 10.4 Å². The van der Waals surface area contributed by atoms with Gasteiger partial charge in [-0.05, 0) is 38.8 Å². The van der Waals surface area contributed by atoms with Gasteiger partial charge in [-0.25, -0.2) is 4.52 Å². The quantitative estimate of drug-likeness (QED) is 0.857. The molecule has 0 radical (unpaired) electrons. The van der Waals surface area contributed by atoms with Crippen molar-refractivity contribution in [2.24, 2.45) is 0 Å². The number of aromatic nitrogens is 3. The number of rotatable bonds is 5. The van der Waals surface area contributed by atoms with Gasteiger partial charge < -0.3 is 9.88 Å². The van der Waals surface area contributed by atoms with E-state index in [9.17, 15) is 4.79 Å². The van der Waals surface area contributed by atoms with Gasteiger partial charge in [0.25, 0.3) is 5.56 Å². The molecule has 1 N–H and O–H groups in total. The Labute approximate surface area is 125 Å². The van der Waals surface area contributed by atoms with E-state index in [0.29, 0.717) is 11.6 Å². The zero-order valence-electron chi connectivity index (χ0n) is 12.7. The molecule has 2 aromatic heterocycles. The standard InChI is InChI=1S/C16H24N4O/c1-13-12-15-16(21)19(10-11-20(15)18-13)9-5-8-17-14-6-3-2-4-7-14/h10-12,14,17H,2-9H2,1H3. The lowest BCUT2D eigenvalue weighted by molar-refractivity contribution is 0.368. The van der Waals surface area contributed by atoms with Crippen LogP contribution >= 0.6 is 0 Å². The van der Waals surface area contributed by atoms with Gasteiger partial charge in [-0.2, -0.15) is 5.10 Å². The number of hydrogen-bond donors (Lipinski definition) is 1. The molecule has 1 aliphatic carbocycles. The highest BCUT2D eigenvalue weighted by Crippen LogP contribution is 2.17. The van der Waals surface area contributed by atoms with Crippen molar-refractivity contribution in [3.8, 4) is 0 Å². The largest absolute Gasteiger partial charge is 0.314 e. The van der Waals surface area contributed by atoms with Crippen molar-refractivity contribution in [3.05, 3.63) is 34.5 Å². The minimum Gasteiger partial charge on any atom is -0.314 e.